The Hall–Kier alpha value is -2.72. The van der Waals surface area contributed by atoms with Crippen LogP contribution in [-0.4, -0.2) is 63.4 Å². The van der Waals surface area contributed by atoms with Gasteiger partial charge in [0, 0.05) is 31.7 Å². The summed E-state index contributed by atoms with van der Waals surface area (Å²) in [6.45, 7) is 1.89. The number of hydrogen-bond acceptors (Lipinski definition) is 5. The van der Waals surface area contributed by atoms with Gasteiger partial charge in [-0.05, 0) is 48.2 Å². The predicted octanol–water partition coefficient (Wildman–Crippen LogP) is 3.96. The zero-order valence-electron chi connectivity index (χ0n) is 18.8. The average molecular weight is 483 g/mol. The molecule has 0 spiro atoms. The second kappa shape index (κ2) is 10.5. The molecule has 0 bridgehead atoms. The number of hydrogen-bond donors (Lipinski definition) is 0. The van der Waals surface area contributed by atoms with Gasteiger partial charge in [0.1, 0.15) is 0 Å². The number of amides is 1. The molecule has 1 fully saturated rings. The van der Waals surface area contributed by atoms with Crippen molar-refractivity contribution in [1.82, 2.24) is 9.21 Å². The number of piperazine rings is 1. The molecule has 3 rings (SSSR count). The number of benzene rings is 2. The molecule has 2 aromatic rings. The Morgan fingerprint density at radius 2 is 1.67 bits per heavy atom. The van der Waals surface area contributed by atoms with Crippen molar-refractivity contribution >= 4 is 15.9 Å². The molecule has 0 aromatic heterocycles. The Labute approximate surface area is 192 Å². The van der Waals surface area contributed by atoms with Crippen LogP contribution in [0.25, 0.3) is 0 Å². The van der Waals surface area contributed by atoms with Gasteiger partial charge in [0.2, 0.25) is 10.0 Å². The summed E-state index contributed by atoms with van der Waals surface area (Å²) in [7, 11) is -2.37. The minimum atomic E-state index is -3.67. The Bertz CT molecular complexity index is 1070. The summed E-state index contributed by atoms with van der Waals surface area (Å²) in [5.74, 6) is -0.139. The van der Waals surface area contributed by atoms with E-state index < -0.39 is 16.6 Å². The largest absolute Gasteiger partial charge is 0.493 e. The van der Waals surface area contributed by atoms with Crippen molar-refractivity contribution in [2.75, 3.05) is 33.3 Å². The van der Waals surface area contributed by atoms with Gasteiger partial charge in [-0.2, -0.15) is 13.1 Å². The smallest absolute Gasteiger partial charge is 0.387 e. The van der Waals surface area contributed by atoms with Gasteiger partial charge in [-0.15, -0.1) is 0 Å². The first-order chi connectivity index (χ1) is 15.7. The highest BCUT2D eigenvalue weighted by molar-refractivity contribution is 7.89. The fourth-order valence-electron chi connectivity index (χ4n) is 3.66. The molecule has 1 atom stereocenters. The zero-order chi connectivity index (χ0) is 24.2. The number of carbonyl (C=O) groups is 1. The van der Waals surface area contributed by atoms with Crippen LogP contribution in [0.3, 0.4) is 0 Å². The zero-order valence-corrected chi connectivity index (χ0v) is 19.6. The van der Waals surface area contributed by atoms with Crippen molar-refractivity contribution in [3.8, 4) is 11.5 Å². The molecule has 1 heterocycles. The lowest BCUT2D eigenvalue weighted by molar-refractivity contribution is -0.0512. The van der Waals surface area contributed by atoms with Crippen LogP contribution in [0.15, 0.2) is 47.4 Å². The molecule has 10 heteroatoms. The number of methoxy groups -OCH3 is 1. The van der Waals surface area contributed by atoms with Crippen molar-refractivity contribution in [3.05, 3.63) is 53.6 Å². The van der Waals surface area contributed by atoms with Crippen molar-refractivity contribution < 1.29 is 31.5 Å². The van der Waals surface area contributed by atoms with Crippen LogP contribution < -0.4 is 9.47 Å². The van der Waals surface area contributed by atoms with Gasteiger partial charge in [0.25, 0.3) is 5.91 Å². The molecule has 1 aliphatic rings. The summed E-state index contributed by atoms with van der Waals surface area (Å²) < 4.78 is 61.9. The first kappa shape index (κ1) is 24.9. The van der Waals surface area contributed by atoms with Crippen molar-refractivity contribution in [3.63, 3.8) is 0 Å². The lowest BCUT2D eigenvalue weighted by Gasteiger charge is -2.34. The SMILES string of the molecule is CC[C@H](C)c1ccc(S(=O)(=O)N2CCN(C(=O)c3ccc(OC(F)F)c(OC)c3)CC2)cc1. The molecule has 7 nitrogen and oxygen atoms in total. The van der Waals surface area contributed by atoms with E-state index in [0.717, 1.165) is 12.0 Å². The van der Waals surface area contributed by atoms with Crippen molar-refractivity contribution in [1.29, 1.82) is 0 Å². The fraction of sp³-hybridized carbons (Fsp3) is 0.435. The van der Waals surface area contributed by atoms with Gasteiger partial charge in [-0.1, -0.05) is 26.0 Å². The van der Waals surface area contributed by atoms with E-state index in [-0.39, 0.29) is 54.0 Å². The van der Waals surface area contributed by atoms with E-state index >= 15 is 0 Å². The number of rotatable bonds is 8. The van der Waals surface area contributed by atoms with Crippen molar-refractivity contribution in [2.45, 2.75) is 37.7 Å². The van der Waals surface area contributed by atoms with E-state index in [0.29, 0.717) is 5.92 Å². The first-order valence-corrected chi connectivity index (χ1v) is 12.1. The summed E-state index contributed by atoms with van der Waals surface area (Å²) in [6, 6.07) is 10.9. The molecule has 0 radical (unpaired) electrons. The van der Waals surface area contributed by atoms with Gasteiger partial charge in [-0.3, -0.25) is 4.79 Å². The number of nitrogens with zero attached hydrogens (tertiary/aromatic N) is 2. The lowest BCUT2D eigenvalue weighted by atomic mass is 9.99. The highest BCUT2D eigenvalue weighted by atomic mass is 32.2. The summed E-state index contributed by atoms with van der Waals surface area (Å²) in [5, 5.41) is 0. The number of halogens is 2. The molecular formula is C23H28F2N2O5S. The maximum absolute atomic E-state index is 13.0. The highest BCUT2D eigenvalue weighted by Gasteiger charge is 2.31. The van der Waals surface area contributed by atoms with Crippen molar-refractivity contribution in [2.24, 2.45) is 0 Å². The predicted molar refractivity (Wildman–Crippen MR) is 119 cm³/mol. The summed E-state index contributed by atoms with van der Waals surface area (Å²) >= 11 is 0. The van der Waals surface area contributed by atoms with E-state index in [1.807, 2.05) is 12.1 Å². The lowest BCUT2D eigenvalue weighted by Crippen LogP contribution is -2.50. The Morgan fingerprint density at radius 3 is 2.21 bits per heavy atom. The molecule has 0 saturated carbocycles. The third-order valence-corrected chi connectivity index (χ3v) is 7.76. The summed E-state index contributed by atoms with van der Waals surface area (Å²) in [4.78, 5) is 14.6. The molecule has 33 heavy (non-hydrogen) atoms. The van der Waals surface area contributed by atoms with Crippen LogP contribution in [0.1, 0.15) is 42.1 Å². The van der Waals surface area contributed by atoms with Crippen LogP contribution in [0.2, 0.25) is 0 Å². The van der Waals surface area contributed by atoms with Gasteiger partial charge in [-0.25, -0.2) is 8.42 Å². The van der Waals surface area contributed by atoms with Gasteiger partial charge in [0.15, 0.2) is 11.5 Å². The van der Waals surface area contributed by atoms with E-state index in [1.54, 1.807) is 12.1 Å². The fourth-order valence-corrected chi connectivity index (χ4v) is 5.08. The second-order valence-electron chi connectivity index (χ2n) is 7.82. The molecule has 1 aliphatic heterocycles. The van der Waals surface area contributed by atoms with Gasteiger partial charge < -0.3 is 14.4 Å². The Morgan fingerprint density at radius 1 is 1.03 bits per heavy atom. The molecular weight excluding hydrogens is 454 g/mol. The molecule has 180 valence electrons. The Kier molecular flexibility index (Phi) is 7.91. The topological polar surface area (TPSA) is 76.2 Å². The third kappa shape index (κ3) is 5.62. The second-order valence-corrected chi connectivity index (χ2v) is 9.76. The minimum Gasteiger partial charge on any atom is -0.493 e. The normalized spacial score (nSPS) is 16.0. The number of sulfonamides is 1. The molecule has 2 aromatic carbocycles. The quantitative estimate of drug-likeness (QED) is 0.569. The molecule has 0 unspecified atom stereocenters. The van der Waals surface area contributed by atoms with E-state index in [9.17, 15) is 22.0 Å². The van der Waals surface area contributed by atoms with Crippen LogP contribution in [-0.2, 0) is 10.0 Å². The molecule has 0 aliphatic carbocycles. The van der Waals surface area contributed by atoms with E-state index in [1.165, 1.54) is 34.5 Å². The molecule has 1 saturated heterocycles. The van der Waals surface area contributed by atoms with E-state index in [2.05, 4.69) is 18.6 Å². The molecule has 1 amide bonds. The standard InChI is InChI=1S/C23H28F2N2O5S/c1-4-16(2)17-5-8-19(9-6-17)33(29,30)27-13-11-26(12-14-27)22(28)18-7-10-20(32-23(24)25)21(15-18)31-3/h5-10,15-16,23H,4,11-14H2,1-3H3/t16-/m0/s1. The minimum absolute atomic E-state index is 0.0169. The third-order valence-electron chi connectivity index (χ3n) is 5.85. The monoisotopic (exact) mass is 482 g/mol. The van der Waals surface area contributed by atoms with E-state index in [4.69, 9.17) is 4.74 Å². The average Bonchev–Trinajstić information content (AvgIpc) is 2.83. The first-order valence-electron chi connectivity index (χ1n) is 10.7. The van der Waals surface area contributed by atoms with Crippen LogP contribution in [0, 0.1) is 0 Å². The molecule has 0 N–H and O–H groups in total. The number of ether oxygens (including phenoxy) is 2. The van der Waals surface area contributed by atoms with Crippen LogP contribution in [0.5, 0.6) is 11.5 Å². The number of carbonyl (C=O) groups excluding carboxylic acids is 1. The number of alkyl halides is 2. The van der Waals surface area contributed by atoms with Gasteiger partial charge in [0.05, 0.1) is 12.0 Å². The summed E-state index contributed by atoms with van der Waals surface area (Å²) in [6.07, 6.45) is 0.968. The van der Waals surface area contributed by atoms with Crippen LogP contribution >= 0.6 is 0 Å². The highest BCUT2D eigenvalue weighted by Crippen LogP contribution is 2.30. The Balaban J connectivity index is 1.67. The summed E-state index contributed by atoms with van der Waals surface area (Å²) in [5.41, 5.74) is 1.33. The maximum atomic E-state index is 13.0. The maximum Gasteiger partial charge on any atom is 0.387 e. The van der Waals surface area contributed by atoms with Gasteiger partial charge >= 0.3 is 6.61 Å². The van der Waals surface area contributed by atoms with Crippen LogP contribution in [0.4, 0.5) is 8.78 Å².